The molecule has 0 bridgehead atoms. The van der Waals surface area contributed by atoms with Crippen LogP contribution in [0.15, 0.2) is 0 Å². The van der Waals surface area contributed by atoms with E-state index in [1.807, 2.05) is 6.92 Å². The Morgan fingerprint density at radius 2 is 2.42 bits per heavy atom. The second-order valence-corrected chi connectivity index (χ2v) is 2.55. The van der Waals surface area contributed by atoms with Crippen LogP contribution in [0.3, 0.4) is 0 Å². The first-order chi connectivity index (χ1) is 5.86. The van der Waals surface area contributed by atoms with Gasteiger partial charge < -0.3 is 4.74 Å². The van der Waals surface area contributed by atoms with Crippen molar-refractivity contribution in [2.24, 2.45) is 0 Å². The third-order valence-corrected chi connectivity index (χ3v) is 1.63. The second kappa shape index (κ2) is 5.11. The number of rotatable bonds is 5. The van der Waals surface area contributed by atoms with Crippen LogP contribution in [0, 0.1) is 0 Å². The van der Waals surface area contributed by atoms with Crippen LogP contribution < -0.4 is 0 Å². The highest BCUT2D eigenvalue weighted by atomic mass is 35.5. The molecule has 0 unspecified atom stereocenters. The molecule has 1 N–H and O–H groups in total. The maximum Gasteiger partial charge on any atom is 0.153 e. The zero-order valence-corrected chi connectivity index (χ0v) is 7.76. The van der Waals surface area contributed by atoms with E-state index in [9.17, 15) is 0 Å². The smallest absolute Gasteiger partial charge is 0.153 e. The fraction of sp³-hybridized carbons (Fsp3) is 0.714. The lowest BCUT2D eigenvalue weighted by atomic mass is 10.4. The monoisotopic (exact) mass is 189 g/mol. The summed E-state index contributed by atoms with van der Waals surface area (Å²) in [5, 5.41) is 6.69. The molecule has 0 amide bonds. The van der Waals surface area contributed by atoms with Crippen molar-refractivity contribution >= 4 is 11.6 Å². The van der Waals surface area contributed by atoms with Crippen molar-refractivity contribution in [3.8, 4) is 0 Å². The number of ether oxygens (including phenoxy) is 1. The Kier molecular flexibility index (Phi) is 4.04. The lowest BCUT2D eigenvalue weighted by Gasteiger charge is -1.95. The number of H-pyrrole nitrogens is 1. The Labute approximate surface area is 76.3 Å². The van der Waals surface area contributed by atoms with Gasteiger partial charge in [0.1, 0.15) is 5.82 Å². The standard InChI is InChI=1S/C7H12ClN3O/c1-2-12-4-3-6-9-7(5-8)11-10-6/h2-5H2,1H3,(H,9,10,11). The summed E-state index contributed by atoms with van der Waals surface area (Å²) in [6.45, 7) is 3.35. The maximum absolute atomic E-state index is 5.54. The molecule has 0 saturated carbocycles. The van der Waals surface area contributed by atoms with Crippen molar-refractivity contribution in [2.45, 2.75) is 19.2 Å². The van der Waals surface area contributed by atoms with Gasteiger partial charge >= 0.3 is 0 Å². The van der Waals surface area contributed by atoms with Crippen LogP contribution in [0.5, 0.6) is 0 Å². The van der Waals surface area contributed by atoms with Crippen molar-refractivity contribution in [1.29, 1.82) is 0 Å². The predicted octanol–water partition coefficient (Wildman–Crippen LogP) is 1.12. The predicted molar refractivity (Wildman–Crippen MR) is 46.1 cm³/mol. The minimum Gasteiger partial charge on any atom is -0.381 e. The number of halogens is 1. The molecule has 0 saturated heterocycles. The minimum atomic E-state index is 0.377. The van der Waals surface area contributed by atoms with E-state index in [2.05, 4.69) is 15.2 Å². The van der Waals surface area contributed by atoms with Crippen LogP contribution in [0.4, 0.5) is 0 Å². The molecule has 0 radical (unpaired) electrons. The first-order valence-corrected chi connectivity index (χ1v) is 4.44. The summed E-state index contributed by atoms with van der Waals surface area (Å²) in [5.41, 5.74) is 0. The van der Waals surface area contributed by atoms with E-state index in [-0.39, 0.29) is 0 Å². The summed E-state index contributed by atoms with van der Waals surface area (Å²) in [6, 6.07) is 0. The highest BCUT2D eigenvalue weighted by molar-refractivity contribution is 6.16. The Morgan fingerprint density at radius 3 is 3.00 bits per heavy atom. The molecule has 12 heavy (non-hydrogen) atoms. The Hall–Kier alpha value is -0.610. The van der Waals surface area contributed by atoms with Crippen LogP contribution in [0.2, 0.25) is 0 Å². The van der Waals surface area contributed by atoms with E-state index in [1.54, 1.807) is 0 Å². The van der Waals surface area contributed by atoms with Gasteiger partial charge in [-0.3, -0.25) is 5.10 Å². The van der Waals surface area contributed by atoms with Crippen molar-refractivity contribution < 1.29 is 4.74 Å². The maximum atomic E-state index is 5.54. The third-order valence-electron chi connectivity index (χ3n) is 1.38. The van der Waals surface area contributed by atoms with E-state index < -0.39 is 0 Å². The lowest BCUT2D eigenvalue weighted by Crippen LogP contribution is -1.99. The molecule has 0 spiro atoms. The molecule has 0 aliphatic rings. The van der Waals surface area contributed by atoms with Gasteiger partial charge in [-0.2, -0.15) is 5.10 Å². The molecule has 1 heterocycles. The van der Waals surface area contributed by atoms with Crippen LogP contribution in [-0.2, 0) is 17.0 Å². The van der Waals surface area contributed by atoms with Crippen molar-refractivity contribution in [3.63, 3.8) is 0 Å². The van der Waals surface area contributed by atoms with Gasteiger partial charge in [-0.05, 0) is 6.92 Å². The number of hydrogen-bond acceptors (Lipinski definition) is 3. The Bertz CT molecular complexity index is 226. The molecule has 5 heteroatoms. The number of alkyl halides is 1. The molecule has 1 aromatic heterocycles. The quantitative estimate of drug-likeness (QED) is 0.558. The number of hydrogen-bond donors (Lipinski definition) is 1. The van der Waals surface area contributed by atoms with Crippen LogP contribution in [0.1, 0.15) is 18.6 Å². The van der Waals surface area contributed by atoms with Gasteiger partial charge in [0.05, 0.1) is 12.5 Å². The van der Waals surface area contributed by atoms with Crippen LogP contribution in [-0.4, -0.2) is 28.4 Å². The molecule has 1 rings (SSSR count). The molecule has 0 aliphatic carbocycles. The SMILES string of the molecule is CCOCCc1n[nH]c(CCl)n1. The zero-order chi connectivity index (χ0) is 8.81. The van der Waals surface area contributed by atoms with E-state index in [0.717, 1.165) is 18.9 Å². The molecule has 4 nitrogen and oxygen atoms in total. The fourth-order valence-corrected chi connectivity index (χ4v) is 0.934. The summed E-state index contributed by atoms with van der Waals surface area (Å²) in [7, 11) is 0. The first kappa shape index (κ1) is 9.48. The van der Waals surface area contributed by atoms with Crippen LogP contribution >= 0.6 is 11.6 Å². The van der Waals surface area contributed by atoms with E-state index in [1.165, 1.54) is 0 Å². The topological polar surface area (TPSA) is 50.8 Å². The second-order valence-electron chi connectivity index (χ2n) is 2.28. The van der Waals surface area contributed by atoms with Gasteiger partial charge in [-0.25, -0.2) is 4.98 Å². The van der Waals surface area contributed by atoms with Crippen molar-refractivity contribution in [2.75, 3.05) is 13.2 Å². The zero-order valence-electron chi connectivity index (χ0n) is 7.01. The summed E-state index contributed by atoms with van der Waals surface area (Å²) < 4.78 is 5.15. The Balaban J connectivity index is 2.31. The van der Waals surface area contributed by atoms with E-state index >= 15 is 0 Å². The summed E-state index contributed by atoms with van der Waals surface area (Å²) in [6.07, 6.45) is 0.737. The van der Waals surface area contributed by atoms with Crippen LogP contribution in [0.25, 0.3) is 0 Å². The molecule has 0 aliphatic heterocycles. The normalized spacial score (nSPS) is 10.5. The lowest BCUT2D eigenvalue weighted by molar-refractivity contribution is 0.149. The first-order valence-electron chi connectivity index (χ1n) is 3.90. The largest absolute Gasteiger partial charge is 0.381 e. The van der Waals surface area contributed by atoms with Gasteiger partial charge in [0, 0.05) is 13.0 Å². The molecular formula is C7H12ClN3O. The van der Waals surface area contributed by atoms with E-state index in [0.29, 0.717) is 18.3 Å². The highest BCUT2D eigenvalue weighted by Crippen LogP contribution is 1.97. The third kappa shape index (κ3) is 2.79. The van der Waals surface area contributed by atoms with Gasteiger partial charge in [0.2, 0.25) is 0 Å². The fourth-order valence-electron chi connectivity index (χ4n) is 0.814. The molecule has 68 valence electrons. The van der Waals surface area contributed by atoms with Crippen molar-refractivity contribution in [1.82, 2.24) is 15.2 Å². The number of nitrogens with zero attached hydrogens (tertiary/aromatic N) is 2. The average Bonchev–Trinajstić information content (AvgIpc) is 2.53. The van der Waals surface area contributed by atoms with E-state index in [4.69, 9.17) is 16.3 Å². The van der Waals surface area contributed by atoms with Gasteiger partial charge in [0.25, 0.3) is 0 Å². The van der Waals surface area contributed by atoms with Gasteiger partial charge in [0.15, 0.2) is 5.82 Å². The van der Waals surface area contributed by atoms with Gasteiger partial charge in [-0.15, -0.1) is 11.6 Å². The summed E-state index contributed by atoms with van der Waals surface area (Å²) in [4.78, 5) is 4.12. The molecular weight excluding hydrogens is 178 g/mol. The molecule has 0 fully saturated rings. The summed E-state index contributed by atoms with van der Waals surface area (Å²) in [5.74, 6) is 1.85. The number of aromatic amines is 1. The summed E-state index contributed by atoms with van der Waals surface area (Å²) >= 11 is 5.54. The highest BCUT2D eigenvalue weighted by Gasteiger charge is 2.00. The molecule has 0 aromatic carbocycles. The molecule has 0 atom stereocenters. The average molecular weight is 190 g/mol. The number of nitrogens with one attached hydrogen (secondary N) is 1. The minimum absolute atomic E-state index is 0.377. The Morgan fingerprint density at radius 1 is 1.58 bits per heavy atom. The number of aromatic nitrogens is 3. The molecule has 1 aromatic rings. The van der Waals surface area contributed by atoms with Crippen molar-refractivity contribution in [3.05, 3.63) is 11.6 Å². The van der Waals surface area contributed by atoms with Gasteiger partial charge in [-0.1, -0.05) is 0 Å².